The van der Waals surface area contributed by atoms with Crippen LogP contribution in [0.5, 0.6) is 0 Å². The SMILES string of the molecule is O=C(CCOCCNC(=O)OCC1c2ccccc2-c2ccccc21)NC[C@@H]1C[C@H](C(=O)O)CO1. The average Bonchev–Trinajstić information content (AvgIpc) is 3.47. The van der Waals surface area contributed by atoms with Gasteiger partial charge in [0.25, 0.3) is 0 Å². The molecule has 2 aromatic rings. The Morgan fingerprint density at radius 3 is 2.31 bits per heavy atom. The maximum absolute atomic E-state index is 12.1. The van der Waals surface area contributed by atoms with Crippen molar-refractivity contribution in [2.24, 2.45) is 5.92 Å². The number of aliphatic carboxylic acids is 1. The molecule has 1 saturated heterocycles. The van der Waals surface area contributed by atoms with Crippen LogP contribution in [0.2, 0.25) is 0 Å². The molecular weight excluding hydrogens is 452 g/mol. The van der Waals surface area contributed by atoms with Crippen molar-refractivity contribution in [1.29, 1.82) is 0 Å². The number of rotatable bonds is 11. The highest BCUT2D eigenvalue weighted by molar-refractivity contribution is 5.79. The number of benzene rings is 2. The van der Waals surface area contributed by atoms with Crippen molar-refractivity contribution in [2.75, 3.05) is 39.5 Å². The molecule has 0 bridgehead atoms. The highest BCUT2D eigenvalue weighted by Crippen LogP contribution is 2.44. The van der Waals surface area contributed by atoms with Crippen LogP contribution in [0, 0.1) is 5.92 Å². The van der Waals surface area contributed by atoms with Crippen molar-refractivity contribution in [3.63, 3.8) is 0 Å². The van der Waals surface area contributed by atoms with Gasteiger partial charge in [-0.05, 0) is 28.7 Å². The summed E-state index contributed by atoms with van der Waals surface area (Å²) in [5, 5.41) is 14.4. The highest BCUT2D eigenvalue weighted by atomic mass is 16.5. The predicted molar refractivity (Wildman–Crippen MR) is 127 cm³/mol. The molecule has 9 heteroatoms. The van der Waals surface area contributed by atoms with Gasteiger partial charge in [-0.3, -0.25) is 9.59 Å². The van der Waals surface area contributed by atoms with Gasteiger partial charge in [0, 0.05) is 25.4 Å². The van der Waals surface area contributed by atoms with Crippen LogP contribution >= 0.6 is 0 Å². The van der Waals surface area contributed by atoms with Crippen molar-refractivity contribution in [3.8, 4) is 11.1 Å². The molecule has 2 atom stereocenters. The number of carboxylic acids is 1. The van der Waals surface area contributed by atoms with Crippen molar-refractivity contribution in [3.05, 3.63) is 59.7 Å². The van der Waals surface area contributed by atoms with Gasteiger partial charge in [0.05, 0.1) is 31.8 Å². The number of carbonyl (C=O) groups is 3. The Morgan fingerprint density at radius 2 is 1.66 bits per heavy atom. The predicted octanol–water partition coefficient (Wildman–Crippen LogP) is 2.54. The lowest BCUT2D eigenvalue weighted by atomic mass is 9.98. The molecule has 186 valence electrons. The summed E-state index contributed by atoms with van der Waals surface area (Å²) >= 11 is 0. The molecule has 3 N–H and O–H groups in total. The number of carboxylic acid groups (broad SMARTS) is 1. The van der Waals surface area contributed by atoms with Crippen LogP contribution in [0.4, 0.5) is 4.79 Å². The van der Waals surface area contributed by atoms with Crippen LogP contribution in [0.1, 0.15) is 29.9 Å². The summed E-state index contributed by atoms with van der Waals surface area (Å²) in [5.74, 6) is -1.58. The third-order valence-corrected chi connectivity index (χ3v) is 6.29. The van der Waals surface area contributed by atoms with Crippen LogP contribution < -0.4 is 10.6 Å². The zero-order chi connectivity index (χ0) is 24.6. The maximum atomic E-state index is 12.1. The molecule has 0 radical (unpaired) electrons. The number of carbonyl (C=O) groups excluding carboxylic acids is 2. The summed E-state index contributed by atoms with van der Waals surface area (Å²) in [5.41, 5.74) is 4.66. The Morgan fingerprint density at radius 1 is 0.971 bits per heavy atom. The van der Waals surface area contributed by atoms with Crippen LogP contribution in [0.15, 0.2) is 48.5 Å². The van der Waals surface area contributed by atoms with Crippen molar-refractivity contribution in [1.82, 2.24) is 10.6 Å². The second-order valence-corrected chi connectivity index (χ2v) is 8.64. The monoisotopic (exact) mass is 482 g/mol. The van der Waals surface area contributed by atoms with Gasteiger partial charge in [-0.2, -0.15) is 0 Å². The van der Waals surface area contributed by atoms with E-state index in [1.165, 1.54) is 11.1 Å². The first kappa shape index (κ1) is 24.7. The number of fused-ring (bicyclic) bond motifs is 3. The molecule has 35 heavy (non-hydrogen) atoms. The van der Waals surface area contributed by atoms with Gasteiger partial charge in [-0.25, -0.2) is 4.79 Å². The molecule has 2 aromatic carbocycles. The minimum Gasteiger partial charge on any atom is -0.481 e. The van der Waals surface area contributed by atoms with Crippen LogP contribution in [-0.2, 0) is 23.8 Å². The molecule has 1 aliphatic heterocycles. The van der Waals surface area contributed by atoms with E-state index in [9.17, 15) is 14.4 Å². The van der Waals surface area contributed by atoms with Gasteiger partial charge >= 0.3 is 12.1 Å². The van der Waals surface area contributed by atoms with Crippen LogP contribution in [0.25, 0.3) is 11.1 Å². The van der Waals surface area contributed by atoms with Gasteiger partial charge in [-0.1, -0.05) is 48.5 Å². The maximum Gasteiger partial charge on any atom is 0.407 e. The fourth-order valence-electron chi connectivity index (χ4n) is 4.48. The van der Waals surface area contributed by atoms with Crippen molar-refractivity contribution >= 4 is 18.0 Å². The first-order chi connectivity index (χ1) is 17.0. The second-order valence-electron chi connectivity index (χ2n) is 8.64. The molecule has 1 heterocycles. The van der Waals surface area contributed by atoms with Gasteiger partial charge in [0.1, 0.15) is 6.61 Å². The first-order valence-electron chi connectivity index (χ1n) is 11.8. The van der Waals surface area contributed by atoms with Crippen LogP contribution in [0.3, 0.4) is 0 Å². The molecule has 2 aliphatic rings. The molecule has 1 fully saturated rings. The molecule has 0 unspecified atom stereocenters. The van der Waals surface area contributed by atoms with E-state index >= 15 is 0 Å². The molecular formula is C26H30N2O7. The fourth-order valence-corrected chi connectivity index (χ4v) is 4.48. The molecule has 4 rings (SSSR count). The van der Waals surface area contributed by atoms with E-state index in [0.717, 1.165) is 11.1 Å². The number of hydrogen-bond acceptors (Lipinski definition) is 6. The molecule has 0 saturated carbocycles. The Bertz CT molecular complexity index is 1010. The summed E-state index contributed by atoms with van der Waals surface area (Å²) in [6, 6.07) is 16.3. The molecule has 2 amide bonds. The second kappa shape index (κ2) is 11.8. The van der Waals surface area contributed by atoms with E-state index in [4.69, 9.17) is 19.3 Å². The lowest BCUT2D eigenvalue weighted by Crippen LogP contribution is -2.33. The van der Waals surface area contributed by atoms with Crippen molar-refractivity contribution in [2.45, 2.75) is 24.9 Å². The number of alkyl carbamates (subject to hydrolysis) is 1. The number of nitrogens with one attached hydrogen (secondary N) is 2. The van der Waals surface area contributed by atoms with Crippen molar-refractivity contribution < 1.29 is 33.7 Å². The quantitative estimate of drug-likeness (QED) is 0.421. The zero-order valence-electron chi connectivity index (χ0n) is 19.4. The summed E-state index contributed by atoms with van der Waals surface area (Å²) in [6.07, 6.45) is -0.222. The standard InChI is InChI=1S/C26H30N2O7/c29-24(28-14-18-13-17(15-34-18)25(30)31)9-11-33-12-10-27-26(32)35-16-23-21-7-3-1-5-19(21)20-6-2-4-8-22(20)23/h1-8,17-18,23H,9-16H2,(H,27,32)(H,28,29)(H,30,31)/t17-,18-/m0/s1. The summed E-state index contributed by atoms with van der Waals surface area (Å²) < 4.78 is 16.2. The lowest BCUT2D eigenvalue weighted by Gasteiger charge is -2.14. The van der Waals surface area contributed by atoms with Crippen LogP contribution in [-0.4, -0.2) is 68.7 Å². The third-order valence-electron chi connectivity index (χ3n) is 6.29. The lowest BCUT2D eigenvalue weighted by molar-refractivity contribution is -0.141. The zero-order valence-corrected chi connectivity index (χ0v) is 19.4. The third kappa shape index (κ3) is 6.37. The topological polar surface area (TPSA) is 123 Å². The average molecular weight is 483 g/mol. The Hall–Kier alpha value is -3.43. The largest absolute Gasteiger partial charge is 0.481 e. The number of hydrogen-bond donors (Lipinski definition) is 3. The summed E-state index contributed by atoms with van der Waals surface area (Å²) in [6.45, 7) is 1.44. The fraction of sp³-hybridized carbons (Fsp3) is 0.423. The minimum absolute atomic E-state index is 0.00700. The van der Waals surface area contributed by atoms with E-state index in [-0.39, 0.29) is 63.9 Å². The number of amides is 2. The van der Waals surface area contributed by atoms with E-state index in [0.29, 0.717) is 6.42 Å². The normalized spacial score (nSPS) is 18.5. The molecule has 0 spiro atoms. The summed E-state index contributed by atoms with van der Waals surface area (Å²) in [4.78, 5) is 35.0. The van der Waals surface area contributed by atoms with E-state index in [1.807, 2.05) is 24.3 Å². The minimum atomic E-state index is -0.876. The molecule has 9 nitrogen and oxygen atoms in total. The van der Waals surface area contributed by atoms with E-state index < -0.39 is 18.0 Å². The molecule has 0 aromatic heterocycles. The first-order valence-corrected chi connectivity index (χ1v) is 11.8. The van der Waals surface area contributed by atoms with E-state index in [2.05, 4.69) is 34.9 Å². The van der Waals surface area contributed by atoms with Gasteiger partial charge < -0.3 is 30.0 Å². The van der Waals surface area contributed by atoms with E-state index in [1.54, 1.807) is 0 Å². The van der Waals surface area contributed by atoms with Gasteiger partial charge in [0.15, 0.2) is 0 Å². The van der Waals surface area contributed by atoms with Gasteiger partial charge in [0.2, 0.25) is 5.91 Å². The Labute approximate surface area is 203 Å². The highest BCUT2D eigenvalue weighted by Gasteiger charge is 2.31. The molecule has 1 aliphatic carbocycles. The van der Waals surface area contributed by atoms with Gasteiger partial charge in [-0.15, -0.1) is 0 Å². The Balaban J connectivity index is 1.07. The summed E-state index contributed by atoms with van der Waals surface area (Å²) in [7, 11) is 0. The smallest absolute Gasteiger partial charge is 0.407 e. The number of ether oxygens (including phenoxy) is 3. The Kier molecular flexibility index (Phi) is 8.33.